The van der Waals surface area contributed by atoms with Crippen molar-refractivity contribution in [3.05, 3.63) is 53.6 Å². The van der Waals surface area contributed by atoms with Crippen LogP contribution in [-0.4, -0.2) is 62.9 Å². The molecule has 3 rings (SSSR count). The van der Waals surface area contributed by atoms with Gasteiger partial charge in [-0.05, 0) is 56.2 Å². The minimum Gasteiger partial charge on any atom is -0.494 e. The Hall–Kier alpha value is -2.58. The Labute approximate surface area is 178 Å². The highest BCUT2D eigenvalue weighted by Gasteiger charge is 2.30. The van der Waals surface area contributed by atoms with Gasteiger partial charge in [-0.15, -0.1) is 0 Å². The lowest BCUT2D eigenvalue weighted by molar-refractivity contribution is -0.134. The van der Waals surface area contributed by atoms with Crippen LogP contribution in [0.3, 0.4) is 0 Å². The molecule has 0 bridgehead atoms. The number of amides is 1. The maximum Gasteiger partial charge on any atom is 0.260 e. The Balaban J connectivity index is 1.56. The van der Waals surface area contributed by atoms with Gasteiger partial charge in [-0.2, -0.15) is 4.31 Å². The number of aryl methyl sites for hydroxylation is 2. The van der Waals surface area contributed by atoms with Crippen LogP contribution in [0.4, 0.5) is 0 Å². The van der Waals surface area contributed by atoms with Crippen molar-refractivity contribution in [2.24, 2.45) is 0 Å². The first kappa shape index (κ1) is 22.1. The van der Waals surface area contributed by atoms with Crippen molar-refractivity contribution in [3.63, 3.8) is 0 Å². The molecule has 0 N–H and O–H groups in total. The number of hydrogen-bond acceptors (Lipinski definition) is 5. The quantitative estimate of drug-likeness (QED) is 0.672. The Morgan fingerprint density at radius 2 is 1.53 bits per heavy atom. The van der Waals surface area contributed by atoms with E-state index in [9.17, 15) is 13.2 Å². The van der Waals surface area contributed by atoms with Gasteiger partial charge in [-0.25, -0.2) is 8.42 Å². The lowest BCUT2D eigenvalue weighted by Crippen LogP contribution is -2.51. The minimum absolute atomic E-state index is 0.0582. The molecule has 7 nitrogen and oxygen atoms in total. The molecule has 162 valence electrons. The van der Waals surface area contributed by atoms with Crippen LogP contribution in [0.5, 0.6) is 11.5 Å². The zero-order chi connectivity index (χ0) is 21.7. The summed E-state index contributed by atoms with van der Waals surface area (Å²) in [7, 11) is -3.60. The summed E-state index contributed by atoms with van der Waals surface area (Å²) in [5.74, 6) is 1.22. The van der Waals surface area contributed by atoms with Crippen LogP contribution in [0.25, 0.3) is 0 Å². The van der Waals surface area contributed by atoms with Gasteiger partial charge in [0.1, 0.15) is 11.5 Å². The van der Waals surface area contributed by atoms with E-state index < -0.39 is 10.0 Å². The number of carbonyl (C=O) groups excluding carboxylic acids is 1. The molecule has 2 aromatic carbocycles. The van der Waals surface area contributed by atoms with Crippen LogP contribution < -0.4 is 9.47 Å². The molecule has 0 aliphatic carbocycles. The molecule has 8 heteroatoms. The van der Waals surface area contributed by atoms with E-state index in [0.29, 0.717) is 25.4 Å². The Bertz CT molecular complexity index is 961. The molecule has 1 aliphatic rings. The standard InChI is InChI=1S/C22H28N2O5S/c1-4-28-19-8-10-20(11-9-19)30(26,27)24-14-12-23(13-15-24)21(25)16-29-22-17(2)6-5-7-18(22)3/h5-11H,4,12-16H2,1-3H3. The van der Waals surface area contributed by atoms with E-state index in [1.165, 1.54) is 4.31 Å². The highest BCUT2D eigenvalue weighted by Crippen LogP contribution is 2.23. The molecule has 30 heavy (non-hydrogen) atoms. The summed E-state index contributed by atoms with van der Waals surface area (Å²) in [5.41, 5.74) is 1.96. The lowest BCUT2D eigenvalue weighted by atomic mass is 10.1. The molecule has 1 fully saturated rings. The van der Waals surface area contributed by atoms with Crippen molar-refractivity contribution in [1.82, 2.24) is 9.21 Å². The van der Waals surface area contributed by atoms with Gasteiger partial charge in [-0.1, -0.05) is 18.2 Å². The van der Waals surface area contributed by atoms with E-state index in [1.54, 1.807) is 29.2 Å². The number of nitrogens with zero attached hydrogens (tertiary/aromatic N) is 2. The Kier molecular flexibility index (Phi) is 6.99. The van der Waals surface area contributed by atoms with Gasteiger partial charge in [0.2, 0.25) is 10.0 Å². The fourth-order valence-corrected chi connectivity index (χ4v) is 4.88. The third-order valence-corrected chi connectivity index (χ3v) is 7.03. The molecule has 0 aromatic heterocycles. The van der Waals surface area contributed by atoms with Crippen LogP contribution in [0.15, 0.2) is 47.4 Å². The van der Waals surface area contributed by atoms with Gasteiger partial charge >= 0.3 is 0 Å². The number of sulfonamides is 1. The number of rotatable bonds is 7. The zero-order valence-electron chi connectivity index (χ0n) is 17.6. The summed E-state index contributed by atoms with van der Waals surface area (Å²) in [6, 6.07) is 12.2. The zero-order valence-corrected chi connectivity index (χ0v) is 18.4. The average molecular weight is 433 g/mol. The number of piperazine rings is 1. The van der Waals surface area contributed by atoms with Crippen LogP contribution >= 0.6 is 0 Å². The fourth-order valence-electron chi connectivity index (χ4n) is 3.45. The van der Waals surface area contributed by atoms with E-state index in [1.807, 2.05) is 39.0 Å². The topological polar surface area (TPSA) is 76.2 Å². The third-order valence-electron chi connectivity index (χ3n) is 5.11. The highest BCUT2D eigenvalue weighted by molar-refractivity contribution is 7.89. The summed E-state index contributed by atoms with van der Waals surface area (Å²) in [6.07, 6.45) is 0. The first-order chi connectivity index (χ1) is 14.3. The van der Waals surface area contributed by atoms with E-state index >= 15 is 0 Å². The second-order valence-corrected chi connectivity index (χ2v) is 9.14. The number of hydrogen-bond donors (Lipinski definition) is 0. The highest BCUT2D eigenvalue weighted by atomic mass is 32.2. The van der Waals surface area contributed by atoms with Gasteiger partial charge in [0.15, 0.2) is 6.61 Å². The molecular formula is C22H28N2O5S. The molecule has 0 atom stereocenters. The summed E-state index contributed by atoms with van der Waals surface area (Å²) < 4.78 is 38.3. The largest absolute Gasteiger partial charge is 0.494 e. The average Bonchev–Trinajstić information content (AvgIpc) is 2.74. The normalized spacial score (nSPS) is 15.1. The first-order valence-electron chi connectivity index (χ1n) is 10.0. The minimum atomic E-state index is -3.60. The molecule has 1 amide bonds. The van der Waals surface area contributed by atoms with Gasteiger partial charge in [0.05, 0.1) is 11.5 Å². The first-order valence-corrected chi connectivity index (χ1v) is 11.5. The van der Waals surface area contributed by atoms with E-state index in [4.69, 9.17) is 9.47 Å². The molecule has 0 saturated carbocycles. The van der Waals surface area contributed by atoms with Gasteiger partial charge in [0.25, 0.3) is 5.91 Å². The number of ether oxygens (including phenoxy) is 2. The maximum atomic E-state index is 12.9. The van der Waals surface area contributed by atoms with Crippen molar-refractivity contribution >= 4 is 15.9 Å². The second kappa shape index (κ2) is 9.49. The summed E-state index contributed by atoms with van der Waals surface area (Å²) >= 11 is 0. The predicted octanol–water partition coefficient (Wildman–Crippen LogP) is 2.61. The van der Waals surface area contributed by atoms with E-state index in [2.05, 4.69) is 0 Å². The van der Waals surface area contributed by atoms with Crippen LogP contribution in [-0.2, 0) is 14.8 Å². The van der Waals surface area contributed by atoms with Crippen LogP contribution in [0, 0.1) is 13.8 Å². The monoisotopic (exact) mass is 432 g/mol. The van der Waals surface area contributed by atoms with E-state index in [-0.39, 0.29) is 30.5 Å². The molecule has 1 aliphatic heterocycles. The van der Waals surface area contributed by atoms with Crippen molar-refractivity contribution in [3.8, 4) is 11.5 Å². The third kappa shape index (κ3) is 4.94. The van der Waals surface area contributed by atoms with Gasteiger partial charge in [0, 0.05) is 26.2 Å². The summed E-state index contributed by atoms with van der Waals surface area (Å²) in [6.45, 7) is 7.41. The van der Waals surface area contributed by atoms with Crippen molar-refractivity contribution < 1.29 is 22.7 Å². The fraction of sp³-hybridized carbons (Fsp3) is 0.409. The molecule has 1 heterocycles. The Morgan fingerprint density at radius 3 is 2.10 bits per heavy atom. The molecular weight excluding hydrogens is 404 g/mol. The smallest absolute Gasteiger partial charge is 0.260 e. The van der Waals surface area contributed by atoms with E-state index in [0.717, 1.165) is 16.9 Å². The number of carbonyl (C=O) groups is 1. The van der Waals surface area contributed by atoms with Crippen molar-refractivity contribution in [2.45, 2.75) is 25.7 Å². The Morgan fingerprint density at radius 1 is 0.933 bits per heavy atom. The number of para-hydroxylation sites is 1. The molecule has 0 spiro atoms. The molecule has 0 unspecified atom stereocenters. The maximum absolute atomic E-state index is 12.9. The molecule has 2 aromatic rings. The molecule has 0 radical (unpaired) electrons. The SMILES string of the molecule is CCOc1ccc(S(=O)(=O)N2CCN(C(=O)COc3c(C)cccc3C)CC2)cc1. The van der Waals surface area contributed by atoms with Crippen LogP contribution in [0.1, 0.15) is 18.1 Å². The van der Waals surface area contributed by atoms with Gasteiger partial charge < -0.3 is 14.4 Å². The summed E-state index contributed by atoms with van der Waals surface area (Å²) in [5, 5.41) is 0. The number of benzene rings is 2. The predicted molar refractivity (Wildman–Crippen MR) is 114 cm³/mol. The van der Waals surface area contributed by atoms with Crippen molar-refractivity contribution in [1.29, 1.82) is 0 Å². The van der Waals surface area contributed by atoms with Crippen LogP contribution in [0.2, 0.25) is 0 Å². The summed E-state index contributed by atoms with van der Waals surface area (Å²) in [4.78, 5) is 14.4. The lowest BCUT2D eigenvalue weighted by Gasteiger charge is -2.34. The van der Waals surface area contributed by atoms with Crippen molar-refractivity contribution in [2.75, 3.05) is 39.4 Å². The van der Waals surface area contributed by atoms with Gasteiger partial charge in [-0.3, -0.25) is 4.79 Å². The molecule has 1 saturated heterocycles. The second-order valence-electron chi connectivity index (χ2n) is 7.20.